The van der Waals surface area contributed by atoms with Gasteiger partial charge < -0.3 is 10.1 Å². The van der Waals surface area contributed by atoms with Gasteiger partial charge in [0, 0.05) is 0 Å². The van der Waals surface area contributed by atoms with Crippen LogP contribution in [0.15, 0.2) is 41.3 Å². The molecule has 0 unspecified atom stereocenters. The Morgan fingerprint density at radius 2 is 1.88 bits per heavy atom. The highest BCUT2D eigenvalue weighted by molar-refractivity contribution is 7.89. The summed E-state index contributed by atoms with van der Waals surface area (Å²) in [7, 11) is -3.79. The molecule has 0 radical (unpaired) electrons. The first-order valence-corrected chi connectivity index (χ1v) is 9.04. The smallest absolute Gasteiger partial charge is 0.254 e. The summed E-state index contributed by atoms with van der Waals surface area (Å²) in [6, 6.07) is 8.71. The first kappa shape index (κ1) is 18.9. The summed E-state index contributed by atoms with van der Waals surface area (Å²) in [4.78, 5) is 11.9. The van der Waals surface area contributed by atoms with Gasteiger partial charge in [0.2, 0.25) is 10.0 Å². The van der Waals surface area contributed by atoms with Crippen LogP contribution in [0.25, 0.3) is 0 Å². The van der Waals surface area contributed by atoms with Gasteiger partial charge in [0.05, 0.1) is 17.0 Å². The number of nitrogens with two attached hydrogens (primary N) is 1. The highest BCUT2D eigenvalue weighted by Crippen LogP contribution is 2.25. The SMILES string of the molecule is Cc1cc(S(N)(=O)=O)c(C)cc1OCCNC(=O)c1ccccc1F. The van der Waals surface area contributed by atoms with Gasteiger partial charge in [-0.05, 0) is 49.2 Å². The molecule has 2 rings (SSSR count). The van der Waals surface area contributed by atoms with Gasteiger partial charge in [-0.2, -0.15) is 0 Å². The maximum absolute atomic E-state index is 13.5. The second-order valence-corrected chi connectivity index (χ2v) is 7.04. The molecule has 0 aliphatic carbocycles. The highest BCUT2D eigenvalue weighted by Gasteiger charge is 2.15. The van der Waals surface area contributed by atoms with Crippen molar-refractivity contribution in [2.45, 2.75) is 18.7 Å². The van der Waals surface area contributed by atoms with Gasteiger partial charge >= 0.3 is 0 Å². The maximum Gasteiger partial charge on any atom is 0.254 e. The summed E-state index contributed by atoms with van der Waals surface area (Å²) in [6.07, 6.45) is 0. The molecule has 0 bridgehead atoms. The molecule has 8 heteroatoms. The summed E-state index contributed by atoms with van der Waals surface area (Å²) in [5.74, 6) is -0.629. The van der Waals surface area contributed by atoms with Crippen LogP contribution >= 0.6 is 0 Å². The fourth-order valence-electron chi connectivity index (χ4n) is 2.29. The van der Waals surface area contributed by atoms with E-state index in [-0.39, 0.29) is 23.6 Å². The number of benzene rings is 2. The number of amides is 1. The zero-order chi connectivity index (χ0) is 18.6. The lowest BCUT2D eigenvalue weighted by Crippen LogP contribution is -2.28. The van der Waals surface area contributed by atoms with Gasteiger partial charge in [-0.3, -0.25) is 4.79 Å². The summed E-state index contributed by atoms with van der Waals surface area (Å²) in [5, 5.41) is 7.71. The van der Waals surface area contributed by atoms with Crippen LogP contribution in [0.5, 0.6) is 5.75 Å². The summed E-state index contributed by atoms with van der Waals surface area (Å²) < 4.78 is 42.0. The predicted octanol–water partition coefficient (Wildman–Crippen LogP) is 1.90. The first-order chi connectivity index (χ1) is 11.7. The second-order valence-electron chi connectivity index (χ2n) is 5.51. The van der Waals surface area contributed by atoms with E-state index in [4.69, 9.17) is 9.88 Å². The molecule has 0 saturated carbocycles. The van der Waals surface area contributed by atoms with E-state index in [9.17, 15) is 17.6 Å². The molecule has 0 heterocycles. The van der Waals surface area contributed by atoms with Crippen LogP contribution in [-0.4, -0.2) is 27.5 Å². The Labute approximate surface area is 145 Å². The zero-order valence-corrected chi connectivity index (χ0v) is 14.7. The average molecular weight is 366 g/mol. The van der Waals surface area contributed by atoms with Gasteiger partial charge in [0.1, 0.15) is 18.2 Å². The number of rotatable bonds is 6. The fraction of sp³-hybridized carbons (Fsp3) is 0.235. The largest absolute Gasteiger partial charge is 0.491 e. The quantitative estimate of drug-likeness (QED) is 0.763. The first-order valence-electron chi connectivity index (χ1n) is 7.49. The molecular formula is C17H19FN2O4S. The molecule has 0 aliphatic rings. The molecule has 0 spiro atoms. The Morgan fingerprint density at radius 1 is 1.20 bits per heavy atom. The third-order valence-corrected chi connectivity index (χ3v) is 4.60. The number of primary sulfonamides is 1. The lowest BCUT2D eigenvalue weighted by Gasteiger charge is -2.13. The van der Waals surface area contributed by atoms with Crippen LogP contribution in [0.4, 0.5) is 4.39 Å². The number of carbonyl (C=O) groups is 1. The van der Waals surface area contributed by atoms with E-state index in [1.807, 2.05) is 0 Å². The van der Waals surface area contributed by atoms with Crippen molar-refractivity contribution in [1.82, 2.24) is 5.32 Å². The molecule has 134 valence electrons. The topological polar surface area (TPSA) is 98.5 Å². The van der Waals surface area contributed by atoms with E-state index in [1.54, 1.807) is 26.0 Å². The molecule has 1 amide bonds. The maximum atomic E-state index is 13.5. The summed E-state index contributed by atoms with van der Waals surface area (Å²) >= 11 is 0. The lowest BCUT2D eigenvalue weighted by atomic mass is 10.1. The molecule has 0 atom stereocenters. The number of sulfonamides is 1. The summed E-state index contributed by atoms with van der Waals surface area (Å²) in [6.45, 7) is 3.63. The standard InChI is InChI=1S/C17H19FN2O4S/c1-11-10-16(25(19,22)23)12(2)9-15(11)24-8-7-20-17(21)13-5-3-4-6-14(13)18/h3-6,9-10H,7-8H2,1-2H3,(H,20,21)(H2,19,22,23). The van der Waals surface area contributed by atoms with Crippen molar-refractivity contribution in [1.29, 1.82) is 0 Å². The molecule has 0 aromatic heterocycles. The molecule has 0 saturated heterocycles. The number of nitrogens with one attached hydrogen (secondary N) is 1. The van der Waals surface area contributed by atoms with Gasteiger partial charge in [0.15, 0.2) is 0 Å². The Hall–Kier alpha value is -2.45. The molecule has 2 aromatic rings. The Morgan fingerprint density at radius 3 is 2.52 bits per heavy atom. The highest BCUT2D eigenvalue weighted by atomic mass is 32.2. The van der Waals surface area contributed by atoms with E-state index < -0.39 is 21.7 Å². The Bertz CT molecular complexity index is 898. The van der Waals surface area contributed by atoms with Crippen LogP contribution in [0.2, 0.25) is 0 Å². The third kappa shape index (κ3) is 4.77. The molecule has 2 aromatic carbocycles. The molecule has 25 heavy (non-hydrogen) atoms. The number of hydrogen-bond donors (Lipinski definition) is 2. The molecule has 0 fully saturated rings. The number of ether oxygens (including phenoxy) is 1. The Balaban J connectivity index is 1.95. The van der Waals surface area contributed by atoms with Crippen molar-refractivity contribution in [2.24, 2.45) is 5.14 Å². The van der Waals surface area contributed by atoms with Gasteiger partial charge in [-0.15, -0.1) is 0 Å². The van der Waals surface area contributed by atoms with Gasteiger partial charge in [-0.1, -0.05) is 12.1 Å². The minimum absolute atomic E-state index is 0.0352. The van der Waals surface area contributed by atoms with Crippen LogP contribution in [-0.2, 0) is 10.0 Å². The zero-order valence-electron chi connectivity index (χ0n) is 13.9. The Kier molecular flexibility index (Phi) is 5.76. The number of aryl methyl sites for hydroxylation is 2. The van der Waals surface area contributed by atoms with Crippen molar-refractivity contribution in [3.05, 3.63) is 58.9 Å². The van der Waals surface area contributed by atoms with E-state index >= 15 is 0 Å². The fourth-order valence-corrected chi connectivity index (χ4v) is 3.14. The molecule has 0 aliphatic heterocycles. The minimum Gasteiger partial charge on any atom is -0.491 e. The number of carbonyl (C=O) groups excluding carboxylic acids is 1. The molecule has 3 N–H and O–H groups in total. The lowest BCUT2D eigenvalue weighted by molar-refractivity contribution is 0.0943. The average Bonchev–Trinajstić information content (AvgIpc) is 2.53. The van der Waals surface area contributed by atoms with E-state index in [2.05, 4.69) is 5.32 Å². The minimum atomic E-state index is -3.79. The van der Waals surface area contributed by atoms with Crippen molar-refractivity contribution in [3.8, 4) is 5.75 Å². The van der Waals surface area contributed by atoms with Crippen LogP contribution < -0.4 is 15.2 Å². The van der Waals surface area contributed by atoms with E-state index in [0.29, 0.717) is 16.9 Å². The van der Waals surface area contributed by atoms with Gasteiger partial charge in [0.25, 0.3) is 5.91 Å². The molecular weight excluding hydrogens is 347 g/mol. The van der Waals surface area contributed by atoms with E-state index in [1.165, 1.54) is 24.3 Å². The number of halogens is 1. The van der Waals surface area contributed by atoms with Crippen LogP contribution in [0.3, 0.4) is 0 Å². The van der Waals surface area contributed by atoms with Crippen molar-refractivity contribution in [3.63, 3.8) is 0 Å². The summed E-state index contributed by atoms with van der Waals surface area (Å²) in [5.41, 5.74) is 1.04. The predicted molar refractivity (Wildman–Crippen MR) is 91.5 cm³/mol. The van der Waals surface area contributed by atoms with Crippen molar-refractivity contribution in [2.75, 3.05) is 13.2 Å². The third-order valence-electron chi connectivity index (χ3n) is 3.54. The number of hydrogen-bond acceptors (Lipinski definition) is 4. The van der Waals surface area contributed by atoms with Crippen molar-refractivity contribution >= 4 is 15.9 Å². The normalized spacial score (nSPS) is 11.2. The second kappa shape index (κ2) is 7.62. The van der Waals surface area contributed by atoms with Crippen LogP contribution in [0, 0.1) is 19.7 Å². The molecule has 6 nitrogen and oxygen atoms in total. The monoisotopic (exact) mass is 366 g/mol. The van der Waals surface area contributed by atoms with Gasteiger partial charge in [-0.25, -0.2) is 17.9 Å². The van der Waals surface area contributed by atoms with E-state index in [0.717, 1.165) is 0 Å². The van der Waals surface area contributed by atoms with Crippen molar-refractivity contribution < 1.29 is 22.3 Å². The van der Waals surface area contributed by atoms with Crippen LogP contribution in [0.1, 0.15) is 21.5 Å².